The summed E-state index contributed by atoms with van der Waals surface area (Å²) in [6.07, 6.45) is 26.1. The second-order valence-electron chi connectivity index (χ2n) is 13.2. The van der Waals surface area contributed by atoms with Gasteiger partial charge in [0.2, 0.25) is 0 Å². The van der Waals surface area contributed by atoms with Crippen LogP contribution >= 0.6 is 67.9 Å². The summed E-state index contributed by atoms with van der Waals surface area (Å²) in [6, 6.07) is 9.77. The highest BCUT2D eigenvalue weighted by Gasteiger charge is 2.22. The predicted octanol–water partition coefficient (Wildman–Crippen LogP) is 15.8. The zero-order valence-electron chi connectivity index (χ0n) is 29.4. The largest absolute Gasteiger partial charge is 0.297 e. The molecule has 258 valence electrons. The summed E-state index contributed by atoms with van der Waals surface area (Å²) >= 11 is 10.3. The first-order chi connectivity index (χ1) is 23.0. The van der Waals surface area contributed by atoms with Crippen molar-refractivity contribution in [2.75, 3.05) is 0 Å². The number of rotatable bonds is 24. The van der Waals surface area contributed by atoms with E-state index in [9.17, 15) is 4.79 Å². The molecule has 0 fully saturated rings. The number of carbonyl (C=O) groups excluding carboxylic acids is 1. The molecule has 1 nitrogen and oxygen atoms in total. The minimum Gasteiger partial charge on any atom is -0.297 e. The topological polar surface area (TPSA) is 17.1 Å². The van der Waals surface area contributed by atoms with Gasteiger partial charge in [-0.3, -0.25) is 4.79 Å². The molecule has 0 amide bonds. The van der Waals surface area contributed by atoms with Crippen molar-refractivity contribution < 1.29 is 4.79 Å². The maximum atomic E-state index is 12.0. The Morgan fingerprint density at radius 1 is 0.468 bits per heavy atom. The molecule has 4 rings (SSSR count). The highest BCUT2D eigenvalue weighted by atomic mass is 127. The SMILES string of the molecule is CCCCCCc1cc(I)sc1-c1cc(CCCCCC)c(-c2cc(CCCCCC)c(-c3sc(C=O)cc3CCCCCC)s2)s1. The van der Waals surface area contributed by atoms with Crippen LogP contribution in [0.15, 0.2) is 24.3 Å². The molecular weight excluding hydrogens is 764 g/mol. The Hall–Kier alpha value is -0.800. The Morgan fingerprint density at radius 3 is 1.32 bits per heavy atom. The lowest BCUT2D eigenvalue weighted by Crippen LogP contribution is -1.89. The highest BCUT2D eigenvalue weighted by molar-refractivity contribution is 14.1. The Morgan fingerprint density at radius 2 is 0.851 bits per heavy atom. The summed E-state index contributed by atoms with van der Waals surface area (Å²) in [5, 5.41) is 0. The van der Waals surface area contributed by atoms with Crippen LogP contribution in [0.25, 0.3) is 29.3 Å². The molecule has 0 spiro atoms. The van der Waals surface area contributed by atoms with Crippen LogP contribution in [-0.4, -0.2) is 6.29 Å². The number of carbonyl (C=O) groups is 1. The van der Waals surface area contributed by atoms with Gasteiger partial charge in [-0.2, -0.15) is 0 Å². The monoisotopic (exact) mass is 820 g/mol. The number of hydrogen-bond donors (Lipinski definition) is 0. The average molecular weight is 821 g/mol. The highest BCUT2D eigenvalue weighted by Crippen LogP contribution is 2.49. The Bertz CT molecular complexity index is 1480. The summed E-state index contributed by atoms with van der Waals surface area (Å²) in [7, 11) is 0. The molecule has 0 N–H and O–H groups in total. The Balaban J connectivity index is 1.75. The number of thiophene rings is 4. The van der Waals surface area contributed by atoms with E-state index in [2.05, 4.69) is 74.6 Å². The van der Waals surface area contributed by atoms with E-state index in [1.54, 1.807) is 22.5 Å². The minimum absolute atomic E-state index is 0.881. The zero-order valence-corrected chi connectivity index (χ0v) is 34.9. The van der Waals surface area contributed by atoms with Crippen molar-refractivity contribution in [1.29, 1.82) is 0 Å². The molecule has 4 aromatic heterocycles. The van der Waals surface area contributed by atoms with Crippen molar-refractivity contribution in [2.24, 2.45) is 0 Å². The third-order valence-corrected chi connectivity index (χ3v) is 15.1. The predicted molar refractivity (Wildman–Crippen MR) is 224 cm³/mol. The summed E-state index contributed by atoms with van der Waals surface area (Å²) in [5.41, 5.74) is 6.00. The lowest BCUT2D eigenvalue weighted by atomic mass is 10.0. The van der Waals surface area contributed by atoms with E-state index in [-0.39, 0.29) is 0 Å². The smallest absolute Gasteiger partial charge is 0.160 e. The Labute approximate surface area is 316 Å². The first-order valence-corrected chi connectivity index (χ1v) is 23.0. The van der Waals surface area contributed by atoms with Gasteiger partial charge in [0.05, 0.1) is 7.76 Å². The molecule has 0 aliphatic heterocycles. The van der Waals surface area contributed by atoms with Gasteiger partial charge < -0.3 is 0 Å². The van der Waals surface area contributed by atoms with Crippen LogP contribution in [0.2, 0.25) is 0 Å². The summed E-state index contributed by atoms with van der Waals surface area (Å²) in [5.74, 6) is 0. The van der Waals surface area contributed by atoms with Crippen LogP contribution in [0.5, 0.6) is 0 Å². The lowest BCUT2D eigenvalue weighted by molar-refractivity contribution is 0.112. The van der Waals surface area contributed by atoms with Crippen molar-refractivity contribution in [1.82, 2.24) is 0 Å². The van der Waals surface area contributed by atoms with Gasteiger partial charge in [-0.15, -0.1) is 45.3 Å². The first kappa shape index (κ1) is 39.0. The van der Waals surface area contributed by atoms with Crippen LogP contribution in [0.3, 0.4) is 0 Å². The second kappa shape index (κ2) is 21.4. The number of aldehydes is 1. The van der Waals surface area contributed by atoms with E-state index in [4.69, 9.17) is 0 Å². The molecule has 0 unspecified atom stereocenters. The molecule has 0 saturated carbocycles. The second-order valence-corrected chi connectivity index (χ2v) is 19.3. The van der Waals surface area contributed by atoms with Crippen LogP contribution in [0, 0.1) is 2.88 Å². The molecule has 6 heteroatoms. The molecule has 0 aliphatic carbocycles. The van der Waals surface area contributed by atoms with Crippen molar-refractivity contribution in [3.05, 3.63) is 54.3 Å². The minimum atomic E-state index is 0.881. The first-order valence-electron chi connectivity index (χ1n) is 18.6. The molecule has 0 radical (unpaired) electrons. The summed E-state index contributed by atoms with van der Waals surface area (Å²) in [4.78, 5) is 21.6. The van der Waals surface area contributed by atoms with E-state index in [0.29, 0.717) is 0 Å². The van der Waals surface area contributed by atoms with E-state index in [1.165, 1.54) is 152 Å². The Kier molecular flexibility index (Phi) is 17.8. The van der Waals surface area contributed by atoms with E-state index < -0.39 is 0 Å². The third kappa shape index (κ3) is 11.6. The maximum Gasteiger partial charge on any atom is 0.160 e. The van der Waals surface area contributed by atoms with Gasteiger partial charge in [-0.05, 0) is 120 Å². The van der Waals surface area contributed by atoms with Crippen molar-refractivity contribution in [2.45, 2.75) is 156 Å². The molecule has 0 aromatic carbocycles. The van der Waals surface area contributed by atoms with Gasteiger partial charge in [0, 0.05) is 29.3 Å². The fourth-order valence-electron chi connectivity index (χ4n) is 6.50. The fourth-order valence-corrected chi connectivity index (χ4v) is 12.4. The molecule has 0 atom stereocenters. The van der Waals surface area contributed by atoms with Crippen LogP contribution in [0.1, 0.15) is 162 Å². The number of aryl methyl sites for hydroxylation is 4. The van der Waals surface area contributed by atoms with Gasteiger partial charge in [-0.25, -0.2) is 0 Å². The van der Waals surface area contributed by atoms with E-state index in [0.717, 1.165) is 30.4 Å². The fraction of sp³-hybridized carbons (Fsp3) is 0.585. The van der Waals surface area contributed by atoms with Crippen molar-refractivity contribution in [3.63, 3.8) is 0 Å². The molecule has 0 aliphatic rings. The molecule has 0 bridgehead atoms. The molecule has 0 saturated heterocycles. The van der Waals surface area contributed by atoms with Crippen LogP contribution < -0.4 is 0 Å². The van der Waals surface area contributed by atoms with Gasteiger partial charge in [0.25, 0.3) is 0 Å². The molecular formula is C41H57IOS4. The van der Waals surface area contributed by atoms with Gasteiger partial charge in [-0.1, -0.05) is 105 Å². The standard InChI is InChI=1S/C41H57IOS4/c1-5-9-13-17-21-30-25-34(29-43)44-40(30)41-32(23-19-15-11-7-3)27-35(46-41)38-31(22-18-14-10-6-2)26-36(45-38)39-33(28-37(42)47-39)24-20-16-12-8-4/h25-29H,5-24H2,1-4H3. The van der Waals surface area contributed by atoms with Gasteiger partial charge in [0.15, 0.2) is 6.29 Å². The number of hydrogen-bond acceptors (Lipinski definition) is 5. The maximum absolute atomic E-state index is 12.0. The van der Waals surface area contributed by atoms with Crippen LogP contribution in [0.4, 0.5) is 0 Å². The molecule has 4 aromatic rings. The van der Waals surface area contributed by atoms with E-state index >= 15 is 0 Å². The summed E-state index contributed by atoms with van der Waals surface area (Å²) in [6.45, 7) is 9.19. The molecule has 47 heavy (non-hydrogen) atoms. The number of unbranched alkanes of at least 4 members (excludes halogenated alkanes) is 12. The molecule has 4 heterocycles. The normalized spacial score (nSPS) is 11.6. The van der Waals surface area contributed by atoms with Crippen molar-refractivity contribution in [3.8, 4) is 29.3 Å². The van der Waals surface area contributed by atoms with Crippen molar-refractivity contribution >= 4 is 74.2 Å². The number of halogens is 1. The van der Waals surface area contributed by atoms with Gasteiger partial charge in [0.1, 0.15) is 0 Å². The third-order valence-electron chi connectivity index (χ3n) is 9.19. The van der Waals surface area contributed by atoms with Gasteiger partial charge >= 0.3 is 0 Å². The average Bonchev–Trinajstić information content (AvgIpc) is 3.86. The zero-order chi connectivity index (χ0) is 33.4. The van der Waals surface area contributed by atoms with E-state index in [1.807, 2.05) is 34.0 Å². The summed E-state index contributed by atoms with van der Waals surface area (Å²) < 4.78 is 1.41. The van der Waals surface area contributed by atoms with Crippen LogP contribution in [-0.2, 0) is 25.7 Å². The quantitative estimate of drug-likeness (QED) is 0.0391. The lowest BCUT2D eigenvalue weighted by Gasteiger charge is -2.06.